The summed E-state index contributed by atoms with van der Waals surface area (Å²) < 4.78 is 0.833. The van der Waals surface area contributed by atoms with Gasteiger partial charge in [-0.3, -0.25) is 0 Å². The predicted molar refractivity (Wildman–Crippen MR) is 54.5 cm³/mol. The van der Waals surface area contributed by atoms with Crippen molar-refractivity contribution in [2.45, 2.75) is 6.92 Å². The molecule has 0 saturated heterocycles. The lowest BCUT2D eigenvalue weighted by atomic mass is 10.2. The molecular formula is C8H11BrS. The van der Waals surface area contributed by atoms with Crippen LogP contribution in [-0.2, 0) is 0 Å². The first-order chi connectivity index (χ1) is 4.66. The number of thiol groups is 1. The first kappa shape index (κ1) is 10.0. The van der Waals surface area contributed by atoms with Gasteiger partial charge in [0.15, 0.2) is 0 Å². The van der Waals surface area contributed by atoms with Crippen molar-refractivity contribution in [3.05, 3.63) is 34.7 Å². The fourth-order valence-electron chi connectivity index (χ4n) is 0.389. The molecule has 10 heavy (non-hydrogen) atoms. The minimum absolute atomic E-state index is 0.427. The molecule has 0 aliphatic rings. The summed E-state index contributed by atoms with van der Waals surface area (Å²) in [7, 11) is 0. The van der Waals surface area contributed by atoms with Crippen LogP contribution in [0.1, 0.15) is 6.92 Å². The molecule has 1 atom stereocenters. The molecule has 0 N–H and O–H groups in total. The van der Waals surface area contributed by atoms with E-state index in [0.29, 0.717) is 5.92 Å². The molecule has 2 heteroatoms. The van der Waals surface area contributed by atoms with Gasteiger partial charge in [0.1, 0.15) is 0 Å². The van der Waals surface area contributed by atoms with E-state index in [1.54, 1.807) is 0 Å². The average molecular weight is 219 g/mol. The quantitative estimate of drug-likeness (QED) is 0.419. The molecule has 0 nitrogen and oxygen atoms in total. The van der Waals surface area contributed by atoms with E-state index in [2.05, 4.69) is 42.1 Å². The topological polar surface area (TPSA) is 0 Å². The van der Waals surface area contributed by atoms with Gasteiger partial charge in [-0.1, -0.05) is 25.2 Å². The molecule has 0 bridgehead atoms. The van der Waals surface area contributed by atoms with Gasteiger partial charge >= 0.3 is 0 Å². The molecule has 0 rings (SSSR count). The monoisotopic (exact) mass is 218 g/mol. The van der Waals surface area contributed by atoms with Gasteiger partial charge < -0.3 is 0 Å². The largest absolute Gasteiger partial charge is 0.136 e. The summed E-state index contributed by atoms with van der Waals surface area (Å²) in [6.45, 7) is 5.73. The van der Waals surface area contributed by atoms with Crippen LogP contribution < -0.4 is 0 Å². The van der Waals surface area contributed by atoms with Crippen molar-refractivity contribution >= 4 is 28.6 Å². The molecule has 0 aromatic heterocycles. The normalized spacial score (nSPS) is 15.7. The maximum Gasteiger partial charge on any atom is 0.0472 e. The van der Waals surface area contributed by atoms with Crippen LogP contribution in [0.25, 0.3) is 0 Å². The van der Waals surface area contributed by atoms with Crippen LogP contribution in [0.5, 0.6) is 0 Å². The number of hydrogen-bond acceptors (Lipinski definition) is 1. The Morgan fingerprint density at radius 1 is 1.70 bits per heavy atom. The molecular weight excluding hydrogens is 208 g/mol. The highest BCUT2D eigenvalue weighted by molar-refractivity contribution is 9.13. The second kappa shape index (κ2) is 5.81. The molecule has 0 fully saturated rings. The molecule has 0 heterocycles. The predicted octanol–water partition coefficient (Wildman–Crippen LogP) is 3.53. The Balaban J connectivity index is 3.76. The Morgan fingerprint density at radius 2 is 2.30 bits per heavy atom. The van der Waals surface area contributed by atoms with Crippen molar-refractivity contribution in [1.82, 2.24) is 0 Å². The first-order valence-corrected chi connectivity index (χ1v) is 4.26. The van der Waals surface area contributed by atoms with E-state index in [9.17, 15) is 0 Å². The molecule has 0 aliphatic carbocycles. The van der Waals surface area contributed by atoms with E-state index >= 15 is 0 Å². The van der Waals surface area contributed by atoms with Crippen molar-refractivity contribution < 1.29 is 0 Å². The van der Waals surface area contributed by atoms with Crippen molar-refractivity contribution in [3.8, 4) is 0 Å². The van der Waals surface area contributed by atoms with Crippen molar-refractivity contribution in [2.24, 2.45) is 5.92 Å². The second-order valence-electron chi connectivity index (χ2n) is 1.97. The average Bonchev–Trinajstić information content (AvgIpc) is 1.87. The molecule has 56 valence electrons. The zero-order chi connectivity index (χ0) is 7.98. The Bertz CT molecular complexity index is 155. The van der Waals surface area contributed by atoms with Crippen molar-refractivity contribution in [2.75, 3.05) is 0 Å². The Hall–Kier alpha value is 0.0500. The fourth-order valence-corrected chi connectivity index (χ4v) is 0.627. The lowest BCUT2D eigenvalue weighted by Gasteiger charge is -1.91. The van der Waals surface area contributed by atoms with E-state index in [4.69, 9.17) is 0 Å². The third kappa shape index (κ3) is 6.17. The smallest absolute Gasteiger partial charge is 0.0472 e. The highest BCUT2D eigenvalue weighted by atomic mass is 79.9. The van der Waals surface area contributed by atoms with Crippen LogP contribution in [0.3, 0.4) is 0 Å². The summed E-state index contributed by atoms with van der Waals surface area (Å²) in [5, 5.41) is 0. The fraction of sp³-hybridized carbons (Fsp3) is 0.250. The van der Waals surface area contributed by atoms with E-state index in [0.717, 1.165) is 3.81 Å². The van der Waals surface area contributed by atoms with Crippen molar-refractivity contribution in [3.63, 3.8) is 0 Å². The van der Waals surface area contributed by atoms with Gasteiger partial charge in [0.05, 0.1) is 0 Å². The molecule has 0 saturated carbocycles. The summed E-state index contributed by atoms with van der Waals surface area (Å²) in [5.41, 5.74) is 0. The minimum atomic E-state index is 0.427. The summed E-state index contributed by atoms with van der Waals surface area (Å²) in [6.07, 6.45) is 7.76. The summed E-state index contributed by atoms with van der Waals surface area (Å²) in [5.74, 6) is 0.427. The molecule has 0 spiro atoms. The lowest BCUT2D eigenvalue weighted by Crippen LogP contribution is -1.77. The summed E-state index contributed by atoms with van der Waals surface area (Å²) >= 11 is 7.23. The van der Waals surface area contributed by atoms with E-state index < -0.39 is 0 Å². The van der Waals surface area contributed by atoms with E-state index in [1.165, 1.54) is 0 Å². The third-order valence-corrected chi connectivity index (χ3v) is 1.43. The van der Waals surface area contributed by atoms with Gasteiger partial charge in [0, 0.05) is 3.81 Å². The Morgan fingerprint density at radius 3 is 2.70 bits per heavy atom. The zero-order valence-corrected chi connectivity index (χ0v) is 8.40. The zero-order valence-electron chi connectivity index (χ0n) is 5.92. The van der Waals surface area contributed by atoms with Gasteiger partial charge in [0.25, 0.3) is 0 Å². The Kier molecular flexibility index (Phi) is 5.84. The standard InChI is InChI=1S/C8H11BrS/c1-3-7(2)5-4-6-8(9)10/h3-7,10H,1H2,2H3/b5-4+,8-6-. The summed E-state index contributed by atoms with van der Waals surface area (Å²) in [4.78, 5) is 0. The van der Waals surface area contributed by atoms with Crippen LogP contribution in [0.2, 0.25) is 0 Å². The molecule has 0 aromatic carbocycles. The van der Waals surface area contributed by atoms with Gasteiger partial charge in [-0.2, -0.15) is 0 Å². The molecule has 0 aliphatic heterocycles. The van der Waals surface area contributed by atoms with Crippen LogP contribution in [0, 0.1) is 5.92 Å². The minimum Gasteiger partial charge on any atom is -0.136 e. The second-order valence-corrected chi connectivity index (χ2v) is 3.92. The van der Waals surface area contributed by atoms with Crippen LogP contribution in [0.15, 0.2) is 34.7 Å². The number of rotatable bonds is 3. The maximum absolute atomic E-state index is 4.03. The highest BCUT2D eigenvalue weighted by Crippen LogP contribution is 2.09. The number of halogens is 1. The molecule has 0 aromatic rings. The number of allylic oxidation sites excluding steroid dienone is 4. The third-order valence-electron chi connectivity index (χ3n) is 1.02. The molecule has 0 radical (unpaired) electrons. The van der Waals surface area contributed by atoms with Crippen molar-refractivity contribution in [1.29, 1.82) is 0 Å². The summed E-state index contributed by atoms with van der Waals surface area (Å²) in [6, 6.07) is 0. The van der Waals surface area contributed by atoms with Gasteiger partial charge in [-0.15, -0.1) is 19.2 Å². The van der Waals surface area contributed by atoms with E-state index in [-0.39, 0.29) is 0 Å². The van der Waals surface area contributed by atoms with Gasteiger partial charge in [-0.05, 0) is 27.9 Å². The highest BCUT2D eigenvalue weighted by Gasteiger charge is 1.83. The number of hydrogen-bond donors (Lipinski definition) is 1. The molecule has 1 unspecified atom stereocenters. The van der Waals surface area contributed by atoms with Crippen LogP contribution in [-0.4, -0.2) is 0 Å². The Labute approximate surface area is 76.2 Å². The van der Waals surface area contributed by atoms with Crippen LogP contribution >= 0.6 is 28.6 Å². The molecule has 0 amide bonds. The van der Waals surface area contributed by atoms with Crippen LogP contribution in [0.4, 0.5) is 0 Å². The van der Waals surface area contributed by atoms with E-state index in [1.807, 2.05) is 24.3 Å². The van der Waals surface area contributed by atoms with Gasteiger partial charge in [-0.25, -0.2) is 0 Å². The first-order valence-electron chi connectivity index (χ1n) is 3.02. The SMILES string of the molecule is C=CC(C)/C=C/C=C(\S)Br. The maximum atomic E-state index is 4.03. The van der Waals surface area contributed by atoms with Gasteiger partial charge in [0.2, 0.25) is 0 Å². The lowest BCUT2D eigenvalue weighted by molar-refractivity contribution is 0.944.